The Labute approximate surface area is 147 Å². The first-order valence-electron chi connectivity index (χ1n) is 7.47. The van der Waals surface area contributed by atoms with Gasteiger partial charge in [-0.25, -0.2) is 9.78 Å². The maximum Gasteiger partial charge on any atom is 0.332 e. The molecule has 0 saturated heterocycles. The first-order chi connectivity index (χ1) is 11.9. The van der Waals surface area contributed by atoms with Gasteiger partial charge in [-0.15, -0.1) is 11.8 Å². The predicted octanol–water partition coefficient (Wildman–Crippen LogP) is 0.794. The average Bonchev–Trinajstić information content (AvgIpc) is 3.02. The second-order valence-electron chi connectivity index (χ2n) is 5.50. The van der Waals surface area contributed by atoms with Gasteiger partial charge in [0.25, 0.3) is 5.56 Å². The highest BCUT2D eigenvalue weighted by Gasteiger charge is 2.16. The van der Waals surface area contributed by atoms with Gasteiger partial charge >= 0.3 is 5.69 Å². The minimum absolute atomic E-state index is 0.0767. The van der Waals surface area contributed by atoms with Crippen molar-refractivity contribution in [3.63, 3.8) is 0 Å². The minimum Gasteiger partial charge on any atom is -0.324 e. The van der Waals surface area contributed by atoms with E-state index in [9.17, 15) is 14.4 Å². The highest BCUT2D eigenvalue weighted by Crippen LogP contribution is 2.24. The minimum atomic E-state index is -0.479. The van der Waals surface area contributed by atoms with Crippen LogP contribution in [-0.2, 0) is 25.4 Å². The lowest BCUT2D eigenvalue weighted by molar-refractivity contribution is -0.116. The molecule has 0 bridgehead atoms. The maximum atomic E-state index is 12.4. The Morgan fingerprint density at radius 1 is 1.20 bits per heavy atom. The Balaban J connectivity index is 1.95. The molecule has 8 nitrogen and oxygen atoms in total. The zero-order valence-electron chi connectivity index (χ0n) is 14.0. The molecule has 0 aliphatic heterocycles. The average molecular weight is 359 g/mol. The Morgan fingerprint density at radius 3 is 2.64 bits per heavy atom. The highest BCUT2D eigenvalue weighted by molar-refractivity contribution is 7.98. The van der Waals surface area contributed by atoms with Crippen molar-refractivity contribution < 1.29 is 4.79 Å². The number of thioether (sulfide) groups is 1. The van der Waals surface area contributed by atoms with Crippen molar-refractivity contribution in [3.8, 4) is 0 Å². The maximum absolute atomic E-state index is 12.4. The van der Waals surface area contributed by atoms with Gasteiger partial charge in [0.2, 0.25) is 5.91 Å². The van der Waals surface area contributed by atoms with Crippen molar-refractivity contribution in [1.82, 2.24) is 18.7 Å². The zero-order chi connectivity index (χ0) is 18.1. The lowest BCUT2D eigenvalue weighted by Crippen LogP contribution is -2.37. The largest absolute Gasteiger partial charge is 0.332 e. The Hall–Kier alpha value is -2.81. The molecule has 1 aromatic carbocycles. The number of carbonyl (C=O) groups excluding carboxylic acids is 1. The zero-order valence-corrected chi connectivity index (χ0v) is 14.8. The normalized spacial score (nSPS) is 11.0. The summed E-state index contributed by atoms with van der Waals surface area (Å²) in [6.07, 6.45) is 3.32. The summed E-state index contributed by atoms with van der Waals surface area (Å²) in [4.78, 5) is 41.8. The molecule has 0 radical (unpaired) electrons. The number of para-hydroxylation sites is 1. The summed E-state index contributed by atoms with van der Waals surface area (Å²) in [7, 11) is 2.94. The molecule has 2 aromatic heterocycles. The van der Waals surface area contributed by atoms with E-state index in [4.69, 9.17) is 0 Å². The summed E-state index contributed by atoms with van der Waals surface area (Å²) in [5.74, 6) is -0.281. The second kappa shape index (κ2) is 6.60. The third-order valence-electron chi connectivity index (χ3n) is 3.91. The van der Waals surface area contributed by atoms with Crippen molar-refractivity contribution in [1.29, 1.82) is 0 Å². The van der Waals surface area contributed by atoms with E-state index >= 15 is 0 Å². The molecule has 0 spiro atoms. The Morgan fingerprint density at radius 2 is 1.92 bits per heavy atom. The molecule has 1 amide bonds. The summed E-state index contributed by atoms with van der Waals surface area (Å²) in [6, 6.07) is 7.47. The van der Waals surface area contributed by atoms with E-state index in [0.717, 1.165) is 9.46 Å². The number of imidazole rings is 1. The van der Waals surface area contributed by atoms with Gasteiger partial charge in [0.1, 0.15) is 6.54 Å². The van der Waals surface area contributed by atoms with Crippen molar-refractivity contribution in [3.05, 3.63) is 51.4 Å². The molecular formula is C16H17N5O3S. The van der Waals surface area contributed by atoms with Gasteiger partial charge in [-0.2, -0.15) is 0 Å². The van der Waals surface area contributed by atoms with Gasteiger partial charge in [-0.1, -0.05) is 12.1 Å². The predicted molar refractivity (Wildman–Crippen MR) is 97.1 cm³/mol. The third kappa shape index (κ3) is 2.98. The molecule has 1 N–H and O–H groups in total. The number of nitrogens with one attached hydrogen (secondary N) is 1. The number of rotatable bonds is 4. The highest BCUT2D eigenvalue weighted by atomic mass is 32.2. The van der Waals surface area contributed by atoms with Crippen LogP contribution in [0.25, 0.3) is 11.2 Å². The topological polar surface area (TPSA) is 90.9 Å². The summed E-state index contributed by atoms with van der Waals surface area (Å²) < 4.78 is 3.74. The van der Waals surface area contributed by atoms with Crippen LogP contribution in [0, 0.1) is 0 Å². The molecule has 130 valence electrons. The number of benzene rings is 1. The van der Waals surface area contributed by atoms with Crippen LogP contribution in [0.3, 0.4) is 0 Å². The molecule has 25 heavy (non-hydrogen) atoms. The second-order valence-corrected chi connectivity index (χ2v) is 6.35. The molecule has 0 saturated carbocycles. The summed E-state index contributed by atoms with van der Waals surface area (Å²) >= 11 is 1.53. The molecule has 0 fully saturated rings. The van der Waals surface area contributed by atoms with Gasteiger partial charge < -0.3 is 9.88 Å². The SMILES string of the molecule is CSc1ccccc1NC(=O)Cn1cnc2c1c(=O)n(C)c(=O)n2C. The van der Waals surface area contributed by atoms with E-state index in [1.807, 2.05) is 30.5 Å². The van der Waals surface area contributed by atoms with E-state index in [1.165, 1.54) is 41.3 Å². The van der Waals surface area contributed by atoms with Crippen LogP contribution < -0.4 is 16.6 Å². The summed E-state index contributed by atoms with van der Waals surface area (Å²) in [5, 5.41) is 2.84. The van der Waals surface area contributed by atoms with E-state index in [-0.39, 0.29) is 23.6 Å². The number of anilines is 1. The van der Waals surface area contributed by atoms with E-state index in [0.29, 0.717) is 5.69 Å². The van der Waals surface area contributed by atoms with Gasteiger partial charge in [-0.3, -0.25) is 18.7 Å². The Bertz CT molecular complexity index is 1080. The Kier molecular flexibility index (Phi) is 4.49. The van der Waals surface area contributed by atoms with Crippen LogP contribution in [0.4, 0.5) is 5.69 Å². The van der Waals surface area contributed by atoms with E-state index < -0.39 is 11.2 Å². The molecule has 0 aliphatic rings. The summed E-state index contributed by atoms with van der Waals surface area (Å²) in [6.45, 7) is -0.0767. The van der Waals surface area contributed by atoms with Crippen molar-refractivity contribution in [2.45, 2.75) is 11.4 Å². The number of aromatic nitrogens is 4. The van der Waals surface area contributed by atoms with Crippen LogP contribution in [0.15, 0.2) is 45.1 Å². The van der Waals surface area contributed by atoms with Gasteiger partial charge in [0.05, 0.1) is 12.0 Å². The molecule has 2 heterocycles. The number of nitrogens with zero attached hydrogens (tertiary/aromatic N) is 4. The molecular weight excluding hydrogens is 342 g/mol. The molecule has 0 aliphatic carbocycles. The van der Waals surface area contributed by atoms with Crippen LogP contribution in [-0.4, -0.2) is 30.8 Å². The molecule has 0 atom stereocenters. The van der Waals surface area contributed by atoms with E-state index in [2.05, 4.69) is 10.3 Å². The monoisotopic (exact) mass is 359 g/mol. The van der Waals surface area contributed by atoms with Crippen LogP contribution in [0.2, 0.25) is 0 Å². The molecule has 9 heteroatoms. The van der Waals surface area contributed by atoms with Crippen molar-refractivity contribution in [2.24, 2.45) is 14.1 Å². The fraction of sp³-hybridized carbons (Fsp3) is 0.250. The fourth-order valence-electron chi connectivity index (χ4n) is 2.61. The lowest BCUT2D eigenvalue weighted by atomic mass is 10.3. The number of hydrogen-bond acceptors (Lipinski definition) is 5. The van der Waals surface area contributed by atoms with Crippen molar-refractivity contribution >= 4 is 34.5 Å². The molecule has 0 unspecified atom stereocenters. The van der Waals surface area contributed by atoms with Gasteiger partial charge in [0.15, 0.2) is 11.2 Å². The molecule has 3 aromatic rings. The number of aryl methyl sites for hydroxylation is 1. The quantitative estimate of drug-likeness (QED) is 0.696. The van der Waals surface area contributed by atoms with Gasteiger partial charge in [0, 0.05) is 19.0 Å². The first kappa shape index (κ1) is 17.0. The number of fused-ring (bicyclic) bond motifs is 1. The number of amides is 1. The number of hydrogen-bond donors (Lipinski definition) is 1. The first-order valence-corrected chi connectivity index (χ1v) is 8.70. The lowest BCUT2D eigenvalue weighted by Gasteiger charge is -2.10. The van der Waals surface area contributed by atoms with Crippen LogP contribution in [0.1, 0.15) is 0 Å². The third-order valence-corrected chi connectivity index (χ3v) is 4.71. The van der Waals surface area contributed by atoms with Gasteiger partial charge in [-0.05, 0) is 18.4 Å². The standard InChI is InChI=1S/C16H17N5O3S/c1-19-14-13(15(23)20(2)16(19)24)21(9-17-14)8-12(22)18-10-6-4-5-7-11(10)25-3/h4-7,9H,8H2,1-3H3,(H,18,22). The van der Waals surface area contributed by atoms with E-state index in [1.54, 1.807) is 0 Å². The van der Waals surface area contributed by atoms with Crippen LogP contribution in [0.5, 0.6) is 0 Å². The van der Waals surface area contributed by atoms with Crippen molar-refractivity contribution in [2.75, 3.05) is 11.6 Å². The smallest absolute Gasteiger partial charge is 0.324 e. The van der Waals surface area contributed by atoms with Crippen LogP contribution >= 0.6 is 11.8 Å². The molecule has 3 rings (SSSR count). The number of carbonyl (C=O) groups is 1. The fourth-order valence-corrected chi connectivity index (χ4v) is 3.16. The summed E-state index contributed by atoms with van der Waals surface area (Å²) in [5.41, 5.74) is 0.252.